The van der Waals surface area contributed by atoms with Crippen LogP contribution < -0.4 is 14.4 Å². The Hall–Kier alpha value is -2.65. The van der Waals surface area contributed by atoms with Crippen LogP contribution in [0, 0.1) is 11.7 Å². The standard InChI is InChI=1S/C22H30FN3O4S/c1-16(2)14-21(17-6-12-20(30-5)13-7-17)24-22(27)15-26(31(28,29)25(3)4)19-10-8-18(23)9-11-19/h6-13,16,21H,14-15H2,1-5H3,(H,24,27). The Morgan fingerprint density at radius 3 is 2.13 bits per heavy atom. The lowest BCUT2D eigenvalue weighted by molar-refractivity contribution is -0.120. The molecule has 2 aromatic rings. The van der Waals surface area contributed by atoms with Gasteiger partial charge in [-0.1, -0.05) is 26.0 Å². The van der Waals surface area contributed by atoms with Gasteiger partial charge in [-0.2, -0.15) is 12.7 Å². The van der Waals surface area contributed by atoms with Crippen molar-refractivity contribution < 1.29 is 22.3 Å². The molecule has 31 heavy (non-hydrogen) atoms. The van der Waals surface area contributed by atoms with Crippen molar-refractivity contribution >= 4 is 21.8 Å². The molecule has 0 spiro atoms. The molecule has 0 aromatic heterocycles. The van der Waals surface area contributed by atoms with Crippen LogP contribution in [-0.4, -0.2) is 46.4 Å². The van der Waals surface area contributed by atoms with E-state index in [2.05, 4.69) is 5.32 Å². The maximum absolute atomic E-state index is 13.3. The third-order valence-corrected chi connectivity index (χ3v) is 6.52. The molecule has 0 saturated carbocycles. The molecule has 0 bridgehead atoms. The van der Waals surface area contributed by atoms with Gasteiger partial charge in [0.1, 0.15) is 18.1 Å². The summed E-state index contributed by atoms with van der Waals surface area (Å²) in [6.07, 6.45) is 0.676. The van der Waals surface area contributed by atoms with Crippen LogP contribution >= 0.6 is 0 Å². The Labute approximate surface area is 184 Å². The largest absolute Gasteiger partial charge is 0.497 e. The van der Waals surface area contributed by atoms with Gasteiger partial charge in [0.2, 0.25) is 5.91 Å². The van der Waals surface area contributed by atoms with Gasteiger partial charge in [0.15, 0.2) is 0 Å². The molecule has 0 aliphatic heterocycles. The molecule has 0 saturated heterocycles. The van der Waals surface area contributed by atoms with E-state index in [0.29, 0.717) is 18.1 Å². The molecule has 1 amide bonds. The van der Waals surface area contributed by atoms with Gasteiger partial charge in [0.05, 0.1) is 18.8 Å². The van der Waals surface area contributed by atoms with E-state index in [9.17, 15) is 17.6 Å². The topological polar surface area (TPSA) is 79.0 Å². The molecule has 0 fully saturated rings. The predicted molar refractivity (Wildman–Crippen MR) is 120 cm³/mol. The minimum atomic E-state index is -3.97. The molecule has 1 atom stereocenters. The number of nitrogens with zero attached hydrogens (tertiary/aromatic N) is 2. The van der Waals surface area contributed by atoms with E-state index in [4.69, 9.17) is 4.74 Å². The lowest BCUT2D eigenvalue weighted by Gasteiger charge is -2.28. The lowest BCUT2D eigenvalue weighted by atomic mass is 9.97. The van der Waals surface area contributed by atoms with Crippen LogP contribution in [-0.2, 0) is 15.0 Å². The van der Waals surface area contributed by atoms with Crippen molar-refractivity contribution in [2.24, 2.45) is 5.92 Å². The summed E-state index contributed by atoms with van der Waals surface area (Å²) in [5, 5.41) is 2.95. The monoisotopic (exact) mass is 451 g/mol. The fourth-order valence-electron chi connectivity index (χ4n) is 3.07. The first-order valence-corrected chi connectivity index (χ1v) is 11.3. The quantitative estimate of drug-likeness (QED) is 0.601. The Morgan fingerprint density at radius 2 is 1.65 bits per heavy atom. The highest BCUT2D eigenvalue weighted by Crippen LogP contribution is 2.24. The highest BCUT2D eigenvalue weighted by atomic mass is 32.2. The van der Waals surface area contributed by atoms with E-state index < -0.39 is 28.5 Å². The first-order valence-electron chi connectivity index (χ1n) is 9.93. The number of carbonyl (C=O) groups is 1. The fourth-order valence-corrected chi connectivity index (χ4v) is 4.13. The molecule has 0 aliphatic carbocycles. The summed E-state index contributed by atoms with van der Waals surface area (Å²) >= 11 is 0. The van der Waals surface area contributed by atoms with Gasteiger partial charge in [-0.3, -0.25) is 4.79 Å². The number of hydrogen-bond acceptors (Lipinski definition) is 4. The van der Waals surface area contributed by atoms with Gasteiger partial charge in [-0.05, 0) is 54.3 Å². The van der Waals surface area contributed by atoms with Gasteiger partial charge in [-0.15, -0.1) is 0 Å². The minimum absolute atomic E-state index is 0.204. The molecule has 1 N–H and O–H groups in total. The van der Waals surface area contributed by atoms with E-state index >= 15 is 0 Å². The molecule has 0 heterocycles. The number of amides is 1. The van der Waals surface area contributed by atoms with Gasteiger partial charge in [0, 0.05) is 14.1 Å². The first kappa shape index (κ1) is 24.6. The molecule has 170 valence electrons. The summed E-state index contributed by atoms with van der Waals surface area (Å²) in [5.41, 5.74) is 1.10. The molecular formula is C22H30FN3O4S. The number of rotatable bonds is 10. The maximum atomic E-state index is 13.3. The smallest absolute Gasteiger partial charge is 0.304 e. The number of anilines is 1. The number of carbonyl (C=O) groups excluding carboxylic acids is 1. The normalized spacial score (nSPS) is 12.6. The van der Waals surface area contributed by atoms with Gasteiger partial charge < -0.3 is 10.1 Å². The van der Waals surface area contributed by atoms with Crippen LogP contribution in [0.15, 0.2) is 48.5 Å². The summed E-state index contributed by atoms with van der Waals surface area (Å²) in [6.45, 7) is 3.66. The molecule has 2 aromatic carbocycles. The van der Waals surface area contributed by atoms with Crippen molar-refractivity contribution in [2.45, 2.75) is 26.3 Å². The number of methoxy groups -OCH3 is 1. The number of ether oxygens (including phenoxy) is 1. The zero-order chi connectivity index (χ0) is 23.2. The Balaban J connectivity index is 2.28. The second-order valence-corrected chi connectivity index (χ2v) is 9.86. The fraction of sp³-hybridized carbons (Fsp3) is 0.409. The highest BCUT2D eigenvalue weighted by molar-refractivity contribution is 7.90. The average Bonchev–Trinajstić information content (AvgIpc) is 2.72. The van der Waals surface area contributed by atoms with Crippen LogP contribution in [0.5, 0.6) is 5.75 Å². The minimum Gasteiger partial charge on any atom is -0.497 e. The molecule has 2 rings (SSSR count). The van der Waals surface area contributed by atoms with E-state index in [0.717, 1.165) is 26.3 Å². The predicted octanol–water partition coefficient (Wildman–Crippen LogP) is 3.35. The molecule has 9 heteroatoms. The summed E-state index contributed by atoms with van der Waals surface area (Å²) in [4.78, 5) is 12.9. The first-order chi connectivity index (χ1) is 14.5. The lowest BCUT2D eigenvalue weighted by Crippen LogP contribution is -2.46. The third-order valence-electron chi connectivity index (χ3n) is 4.70. The maximum Gasteiger partial charge on any atom is 0.304 e. The van der Waals surface area contributed by atoms with E-state index in [1.807, 2.05) is 38.1 Å². The molecule has 7 nitrogen and oxygen atoms in total. The van der Waals surface area contributed by atoms with Crippen LogP contribution in [0.4, 0.5) is 10.1 Å². The summed E-state index contributed by atoms with van der Waals surface area (Å²) in [7, 11) is 0.371. The molecular weight excluding hydrogens is 421 g/mol. The summed E-state index contributed by atoms with van der Waals surface area (Å²) in [6, 6.07) is 12.1. The number of hydrogen-bond donors (Lipinski definition) is 1. The van der Waals surface area contributed by atoms with E-state index in [-0.39, 0.29) is 11.7 Å². The summed E-state index contributed by atoms with van der Waals surface area (Å²) < 4.78 is 46.1. The van der Waals surface area contributed by atoms with Crippen molar-refractivity contribution in [3.05, 3.63) is 59.9 Å². The average molecular weight is 452 g/mol. The Kier molecular flexibility index (Phi) is 8.41. The van der Waals surface area contributed by atoms with Crippen molar-refractivity contribution in [1.29, 1.82) is 0 Å². The highest BCUT2D eigenvalue weighted by Gasteiger charge is 2.28. The van der Waals surface area contributed by atoms with Crippen LogP contribution in [0.25, 0.3) is 0 Å². The van der Waals surface area contributed by atoms with Gasteiger partial charge in [-0.25, -0.2) is 8.70 Å². The number of nitrogens with one attached hydrogen (secondary N) is 1. The Morgan fingerprint density at radius 1 is 1.06 bits per heavy atom. The summed E-state index contributed by atoms with van der Waals surface area (Å²) in [5.74, 6) is 0.0483. The van der Waals surface area contributed by atoms with E-state index in [1.165, 1.54) is 26.2 Å². The number of benzene rings is 2. The second kappa shape index (κ2) is 10.6. The van der Waals surface area contributed by atoms with Crippen LogP contribution in [0.3, 0.4) is 0 Å². The SMILES string of the molecule is COc1ccc(C(CC(C)C)NC(=O)CN(c2ccc(F)cc2)S(=O)(=O)N(C)C)cc1. The third kappa shape index (κ3) is 6.67. The molecule has 1 unspecified atom stereocenters. The van der Waals surface area contributed by atoms with Gasteiger partial charge in [0.25, 0.3) is 0 Å². The van der Waals surface area contributed by atoms with Crippen molar-refractivity contribution in [3.63, 3.8) is 0 Å². The van der Waals surface area contributed by atoms with Crippen molar-refractivity contribution in [3.8, 4) is 5.75 Å². The molecule has 0 aliphatic rings. The Bertz CT molecular complexity index is 961. The van der Waals surface area contributed by atoms with Crippen molar-refractivity contribution in [1.82, 2.24) is 9.62 Å². The van der Waals surface area contributed by atoms with Crippen LogP contribution in [0.2, 0.25) is 0 Å². The zero-order valence-electron chi connectivity index (χ0n) is 18.5. The molecule has 0 radical (unpaired) electrons. The zero-order valence-corrected chi connectivity index (χ0v) is 19.3. The van der Waals surface area contributed by atoms with Gasteiger partial charge >= 0.3 is 10.2 Å². The number of halogens is 1. The van der Waals surface area contributed by atoms with Crippen LogP contribution in [0.1, 0.15) is 31.9 Å². The van der Waals surface area contributed by atoms with E-state index in [1.54, 1.807) is 7.11 Å². The van der Waals surface area contributed by atoms with Crippen molar-refractivity contribution in [2.75, 3.05) is 32.1 Å². The second-order valence-electron chi connectivity index (χ2n) is 7.80.